The van der Waals surface area contributed by atoms with Crippen LogP contribution in [0.3, 0.4) is 0 Å². The quantitative estimate of drug-likeness (QED) is 0.899. The number of aromatic nitrogens is 1. The normalized spacial score (nSPS) is 19.2. The van der Waals surface area contributed by atoms with Crippen LogP contribution in [0.25, 0.3) is 10.9 Å². The molecule has 3 rings (SSSR count). The Hall–Kier alpha value is -1.81. The third-order valence-corrected chi connectivity index (χ3v) is 4.55. The number of nitrogens with one attached hydrogen (secondary N) is 1. The van der Waals surface area contributed by atoms with Gasteiger partial charge in [-0.05, 0) is 50.4 Å². The minimum absolute atomic E-state index is 0.154. The standard InChI is InChI=1S/C16H21N3O/c1-11(16(17)20)19-8-6-12(7-9-19)14-10-18-15-5-3-2-4-13(14)15/h2-5,10-12,18H,6-9H2,1H3,(H2,17,20)/t11-/m0/s1. The lowest BCUT2D eigenvalue weighted by Gasteiger charge is -2.34. The Morgan fingerprint density at radius 3 is 2.75 bits per heavy atom. The van der Waals surface area contributed by atoms with Gasteiger partial charge in [0.2, 0.25) is 5.91 Å². The Labute approximate surface area is 118 Å². The number of aromatic amines is 1. The number of fused-ring (bicyclic) bond motifs is 1. The Balaban J connectivity index is 1.74. The number of benzene rings is 1. The molecule has 0 unspecified atom stereocenters. The maximum absolute atomic E-state index is 11.3. The maximum Gasteiger partial charge on any atom is 0.234 e. The zero-order valence-corrected chi connectivity index (χ0v) is 11.8. The molecule has 0 aliphatic carbocycles. The fourth-order valence-corrected chi connectivity index (χ4v) is 3.21. The van der Waals surface area contributed by atoms with Gasteiger partial charge in [0.25, 0.3) is 0 Å². The summed E-state index contributed by atoms with van der Waals surface area (Å²) in [7, 11) is 0. The highest BCUT2D eigenvalue weighted by molar-refractivity contribution is 5.83. The average molecular weight is 271 g/mol. The van der Waals surface area contributed by atoms with Gasteiger partial charge in [-0.3, -0.25) is 9.69 Å². The van der Waals surface area contributed by atoms with Crippen LogP contribution in [-0.2, 0) is 4.79 Å². The van der Waals surface area contributed by atoms with Gasteiger partial charge < -0.3 is 10.7 Å². The van der Waals surface area contributed by atoms with Crippen LogP contribution in [0.5, 0.6) is 0 Å². The minimum Gasteiger partial charge on any atom is -0.368 e. The Bertz CT molecular complexity index is 611. The predicted octanol–water partition coefficient (Wildman–Crippen LogP) is 2.22. The highest BCUT2D eigenvalue weighted by atomic mass is 16.1. The minimum atomic E-state index is -0.226. The first-order valence-electron chi connectivity index (χ1n) is 7.26. The van der Waals surface area contributed by atoms with Gasteiger partial charge in [-0.25, -0.2) is 0 Å². The molecule has 1 saturated heterocycles. The number of carbonyl (C=O) groups excluding carboxylic acids is 1. The van der Waals surface area contributed by atoms with Gasteiger partial charge in [0.1, 0.15) is 0 Å². The first kappa shape index (κ1) is 13.2. The molecule has 1 aliphatic heterocycles. The van der Waals surface area contributed by atoms with E-state index in [1.54, 1.807) is 0 Å². The van der Waals surface area contributed by atoms with E-state index in [1.165, 1.54) is 16.5 Å². The van der Waals surface area contributed by atoms with Crippen molar-refractivity contribution >= 4 is 16.8 Å². The van der Waals surface area contributed by atoms with E-state index in [2.05, 4.69) is 40.3 Å². The lowest BCUT2D eigenvalue weighted by atomic mass is 9.88. The van der Waals surface area contributed by atoms with Gasteiger partial charge in [0, 0.05) is 17.1 Å². The van der Waals surface area contributed by atoms with Crippen molar-refractivity contribution in [2.75, 3.05) is 13.1 Å². The smallest absolute Gasteiger partial charge is 0.234 e. The van der Waals surface area contributed by atoms with Crippen molar-refractivity contribution in [1.29, 1.82) is 0 Å². The molecule has 1 amide bonds. The molecule has 1 aliphatic rings. The molecule has 3 N–H and O–H groups in total. The van der Waals surface area contributed by atoms with E-state index in [-0.39, 0.29) is 11.9 Å². The van der Waals surface area contributed by atoms with Crippen LogP contribution in [0.2, 0.25) is 0 Å². The number of hydrogen-bond donors (Lipinski definition) is 2. The molecule has 0 spiro atoms. The lowest BCUT2D eigenvalue weighted by Crippen LogP contribution is -2.46. The number of rotatable bonds is 3. The lowest BCUT2D eigenvalue weighted by molar-refractivity contribution is -0.123. The molecule has 1 aromatic carbocycles. The molecule has 2 aromatic rings. The van der Waals surface area contributed by atoms with Crippen molar-refractivity contribution in [2.45, 2.75) is 31.7 Å². The SMILES string of the molecule is C[C@@H](C(N)=O)N1CCC(c2c[nH]c3ccccc23)CC1. The van der Waals surface area contributed by atoms with Crippen molar-refractivity contribution in [1.82, 2.24) is 9.88 Å². The first-order chi connectivity index (χ1) is 9.66. The van der Waals surface area contributed by atoms with Gasteiger partial charge in [-0.1, -0.05) is 18.2 Å². The number of hydrogen-bond acceptors (Lipinski definition) is 2. The molecule has 1 aromatic heterocycles. The number of nitrogens with two attached hydrogens (primary N) is 1. The van der Waals surface area contributed by atoms with Gasteiger partial charge >= 0.3 is 0 Å². The molecule has 4 nitrogen and oxygen atoms in total. The summed E-state index contributed by atoms with van der Waals surface area (Å²) >= 11 is 0. The number of primary amides is 1. The van der Waals surface area contributed by atoms with Gasteiger partial charge in [-0.15, -0.1) is 0 Å². The van der Waals surface area contributed by atoms with E-state index in [1.807, 2.05) is 6.92 Å². The molecular weight excluding hydrogens is 250 g/mol. The number of nitrogens with zero attached hydrogens (tertiary/aromatic N) is 1. The molecule has 0 saturated carbocycles. The number of amides is 1. The summed E-state index contributed by atoms with van der Waals surface area (Å²) in [6.45, 7) is 3.77. The van der Waals surface area contributed by atoms with Crippen LogP contribution in [0, 0.1) is 0 Å². The molecule has 0 radical (unpaired) electrons. The van der Waals surface area contributed by atoms with E-state index in [9.17, 15) is 4.79 Å². The second kappa shape index (κ2) is 5.29. The molecule has 2 heterocycles. The van der Waals surface area contributed by atoms with Gasteiger partial charge in [-0.2, -0.15) is 0 Å². The molecule has 20 heavy (non-hydrogen) atoms. The van der Waals surface area contributed by atoms with E-state index in [0.717, 1.165) is 25.9 Å². The topological polar surface area (TPSA) is 62.1 Å². The van der Waals surface area contributed by atoms with Crippen molar-refractivity contribution in [3.8, 4) is 0 Å². The maximum atomic E-state index is 11.3. The predicted molar refractivity (Wildman–Crippen MR) is 80.5 cm³/mol. The average Bonchev–Trinajstić information content (AvgIpc) is 2.90. The van der Waals surface area contributed by atoms with Crippen molar-refractivity contribution < 1.29 is 4.79 Å². The second-order valence-corrected chi connectivity index (χ2v) is 5.68. The third kappa shape index (κ3) is 2.31. The van der Waals surface area contributed by atoms with Crippen LogP contribution in [-0.4, -0.2) is 34.9 Å². The molecule has 0 bridgehead atoms. The van der Waals surface area contributed by atoms with Crippen LogP contribution >= 0.6 is 0 Å². The van der Waals surface area contributed by atoms with E-state index in [4.69, 9.17) is 5.73 Å². The molecule has 4 heteroatoms. The summed E-state index contributed by atoms with van der Waals surface area (Å²) in [4.78, 5) is 16.8. The first-order valence-corrected chi connectivity index (χ1v) is 7.26. The fraction of sp³-hybridized carbons (Fsp3) is 0.438. The Morgan fingerprint density at radius 2 is 2.05 bits per heavy atom. The molecule has 106 valence electrons. The summed E-state index contributed by atoms with van der Waals surface area (Å²) < 4.78 is 0. The van der Waals surface area contributed by atoms with Crippen LogP contribution in [0.4, 0.5) is 0 Å². The summed E-state index contributed by atoms with van der Waals surface area (Å²) in [6, 6.07) is 8.28. The van der Waals surface area contributed by atoms with Crippen molar-refractivity contribution in [3.63, 3.8) is 0 Å². The van der Waals surface area contributed by atoms with E-state index < -0.39 is 0 Å². The molecule has 1 atom stereocenters. The number of likely N-dealkylation sites (tertiary alicyclic amines) is 1. The van der Waals surface area contributed by atoms with Gasteiger partial charge in [0.05, 0.1) is 6.04 Å². The number of H-pyrrole nitrogens is 1. The Kier molecular flexibility index (Phi) is 3.49. The zero-order valence-electron chi connectivity index (χ0n) is 11.8. The van der Waals surface area contributed by atoms with E-state index >= 15 is 0 Å². The third-order valence-electron chi connectivity index (χ3n) is 4.55. The monoisotopic (exact) mass is 271 g/mol. The highest BCUT2D eigenvalue weighted by Crippen LogP contribution is 2.33. The summed E-state index contributed by atoms with van der Waals surface area (Å²) in [5.74, 6) is 0.345. The summed E-state index contributed by atoms with van der Waals surface area (Å²) in [5, 5.41) is 1.33. The summed E-state index contributed by atoms with van der Waals surface area (Å²) in [5.41, 5.74) is 8.00. The van der Waals surface area contributed by atoms with Crippen LogP contribution in [0.15, 0.2) is 30.5 Å². The highest BCUT2D eigenvalue weighted by Gasteiger charge is 2.27. The largest absolute Gasteiger partial charge is 0.368 e. The van der Waals surface area contributed by atoms with Gasteiger partial charge in [0.15, 0.2) is 0 Å². The number of para-hydroxylation sites is 1. The van der Waals surface area contributed by atoms with Crippen molar-refractivity contribution in [3.05, 3.63) is 36.0 Å². The van der Waals surface area contributed by atoms with E-state index in [0.29, 0.717) is 5.92 Å². The second-order valence-electron chi connectivity index (χ2n) is 5.68. The van der Waals surface area contributed by atoms with Crippen LogP contribution < -0.4 is 5.73 Å². The molecule has 1 fully saturated rings. The number of carbonyl (C=O) groups is 1. The zero-order chi connectivity index (χ0) is 14.1. The summed E-state index contributed by atoms with van der Waals surface area (Å²) in [6.07, 6.45) is 4.31. The Morgan fingerprint density at radius 1 is 1.35 bits per heavy atom. The van der Waals surface area contributed by atoms with Crippen molar-refractivity contribution in [2.24, 2.45) is 5.73 Å². The fourth-order valence-electron chi connectivity index (χ4n) is 3.21. The number of piperidine rings is 1. The van der Waals surface area contributed by atoms with Crippen LogP contribution in [0.1, 0.15) is 31.2 Å². The molecular formula is C16H21N3O.